The smallest absolute Gasteiger partial charge is 0.414 e. The van der Waals surface area contributed by atoms with Gasteiger partial charge in [-0.3, -0.25) is 9.69 Å². The van der Waals surface area contributed by atoms with E-state index >= 15 is 0 Å². The van der Waals surface area contributed by atoms with Crippen LogP contribution in [0.4, 0.5) is 16.2 Å². The summed E-state index contributed by atoms with van der Waals surface area (Å²) in [6.45, 7) is 8.05. The number of carbonyl (C=O) groups excluding carboxylic acids is 2. The highest BCUT2D eigenvalue weighted by molar-refractivity contribution is 7.90. The van der Waals surface area contributed by atoms with Crippen molar-refractivity contribution in [1.29, 1.82) is 0 Å². The lowest BCUT2D eigenvalue weighted by atomic mass is 9.99. The van der Waals surface area contributed by atoms with Gasteiger partial charge in [0.1, 0.15) is 0 Å². The molecule has 0 fully saturated rings. The van der Waals surface area contributed by atoms with Gasteiger partial charge in [0, 0.05) is 12.8 Å². The molecule has 166 valence electrons. The SMILES string of the molecule is CCOC(=O)N1c2cc(C)c(C)cc2N(C(=O)c2ccccc2S(C)(=O)=O)CC1CC. The molecule has 1 heterocycles. The number of rotatable bonds is 4. The van der Waals surface area contributed by atoms with Crippen LogP contribution in [0.3, 0.4) is 0 Å². The molecule has 0 aliphatic carbocycles. The second kappa shape index (κ2) is 8.70. The molecule has 0 aromatic heterocycles. The first-order chi connectivity index (χ1) is 14.6. The van der Waals surface area contributed by atoms with Gasteiger partial charge >= 0.3 is 6.09 Å². The summed E-state index contributed by atoms with van der Waals surface area (Å²) in [5.41, 5.74) is 3.22. The minimum atomic E-state index is -3.59. The van der Waals surface area contributed by atoms with Crippen molar-refractivity contribution in [2.45, 2.75) is 45.1 Å². The Bertz CT molecular complexity index is 1130. The summed E-state index contributed by atoms with van der Waals surface area (Å²) >= 11 is 0. The lowest BCUT2D eigenvalue weighted by Gasteiger charge is -2.42. The lowest BCUT2D eigenvalue weighted by Crippen LogP contribution is -2.53. The summed E-state index contributed by atoms with van der Waals surface area (Å²) in [6, 6.07) is 9.66. The molecule has 31 heavy (non-hydrogen) atoms. The van der Waals surface area contributed by atoms with Gasteiger partial charge in [0.05, 0.1) is 34.5 Å². The first-order valence-corrected chi connectivity index (χ1v) is 12.2. The van der Waals surface area contributed by atoms with E-state index < -0.39 is 21.8 Å². The molecule has 2 amide bonds. The summed E-state index contributed by atoms with van der Waals surface area (Å²) in [6.07, 6.45) is 1.24. The van der Waals surface area contributed by atoms with Crippen molar-refractivity contribution in [3.63, 3.8) is 0 Å². The monoisotopic (exact) mass is 444 g/mol. The average molecular weight is 445 g/mol. The second-order valence-corrected chi connectivity index (χ2v) is 9.72. The van der Waals surface area contributed by atoms with Gasteiger partial charge in [0.15, 0.2) is 9.84 Å². The van der Waals surface area contributed by atoms with E-state index in [0.717, 1.165) is 17.4 Å². The molecule has 1 unspecified atom stereocenters. The zero-order valence-electron chi connectivity index (χ0n) is 18.5. The van der Waals surface area contributed by atoms with Gasteiger partial charge in [-0.15, -0.1) is 0 Å². The largest absolute Gasteiger partial charge is 0.449 e. The minimum absolute atomic E-state index is 0.00810. The van der Waals surface area contributed by atoms with Crippen LogP contribution >= 0.6 is 0 Å². The first-order valence-electron chi connectivity index (χ1n) is 10.3. The molecule has 1 atom stereocenters. The fraction of sp³-hybridized carbons (Fsp3) is 0.391. The van der Waals surface area contributed by atoms with Crippen LogP contribution in [0, 0.1) is 13.8 Å². The van der Waals surface area contributed by atoms with E-state index in [-0.39, 0.29) is 29.7 Å². The number of benzene rings is 2. The maximum absolute atomic E-state index is 13.6. The maximum atomic E-state index is 13.6. The van der Waals surface area contributed by atoms with Crippen LogP contribution in [0.25, 0.3) is 0 Å². The van der Waals surface area contributed by atoms with Crippen molar-refractivity contribution in [2.24, 2.45) is 0 Å². The molecule has 7 nitrogen and oxygen atoms in total. The molecule has 0 saturated carbocycles. The predicted molar refractivity (Wildman–Crippen MR) is 121 cm³/mol. The lowest BCUT2D eigenvalue weighted by molar-refractivity contribution is 0.0978. The zero-order chi connectivity index (χ0) is 22.9. The van der Waals surface area contributed by atoms with Crippen LogP contribution in [0.1, 0.15) is 41.8 Å². The minimum Gasteiger partial charge on any atom is -0.449 e. The Morgan fingerprint density at radius 2 is 1.68 bits per heavy atom. The van der Waals surface area contributed by atoms with Crippen LogP contribution in [0.15, 0.2) is 41.3 Å². The van der Waals surface area contributed by atoms with Gasteiger partial charge in [-0.05, 0) is 62.6 Å². The van der Waals surface area contributed by atoms with Crippen LogP contribution in [-0.4, -0.2) is 45.9 Å². The highest BCUT2D eigenvalue weighted by Gasteiger charge is 2.38. The van der Waals surface area contributed by atoms with Crippen LogP contribution in [-0.2, 0) is 14.6 Å². The van der Waals surface area contributed by atoms with E-state index in [0.29, 0.717) is 17.8 Å². The fourth-order valence-corrected chi connectivity index (χ4v) is 4.72. The molecule has 0 radical (unpaired) electrons. The van der Waals surface area contributed by atoms with Crippen LogP contribution in [0.2, 0.25) is 0 Å². The molecule has 2 aromatic rings. The molecule has 0 saturated heterocycles. The Morgan fingerprint density at radius 1 is 1.06 bits per heavy atom. The van der Waals surface area contributed by atoms with E-state index in [1.54, 1.807) is 28.9 Å². The number of hydrogen-bond donors (Lipinski definition) is 0. The molecule has 1 aliphatic heterocycles. The number of hydrogen-bond acceptors (Lipinski definition) is 5. The molecule has 0 N–H and O–H groups in total. The Labute approximate surface area is 183 Å². The normalized spacial score (nSPS) is 16.1. The Kier molecular flexibility index (Phi) is 6.40. The summed E-state index contributed by atoms with van der Waals surface area (Å²) < 4.78 is 29.8. The Balaban J connectivity index is 2.19. The predicted octanol–water partition coefficient (Wildman–Crippen LogP) is 4.11. The molecule has 8 heteroatoms. The summed E-state index contributed by atoms with van der Waals surface area (Å²) in [4.78, 5) is 29.6. The number of fused-ring (bicyclic) bond motifs is 1. The summed E-state index contributed by atoms with van der Waals surface area (Å²) in [5.74, 6) is -0.410. The molecule has 1 aliphatic rings. The molecular formula is C23H28N2O5S. The fourth-order valence-electron chi connectivity index (χ4n) is 3.84. The van der Waals surface area contributed by atoms with Gasteiger partial charge in [-0.2, -0.15) is 0 Å². The van der Waals surface area contributed by atoms with E-state index in [9.17, 15) is 18.0 Å². The van der Waals surface area contributed by atoms with Gasteiger partial charge in [0.25, 0.3) is 5.91 Å². The topological polar surface area (TPSA) is 84.0 Å². The summed E-state index contributed by atoms with van der Waals surface area (Å²) in [5, 5.41) is 0. The molecule has 3 rings (SSSR count). The van der Waals surface area contributed by atoms with E-state index in [4.69, 9.17) is 4.74 Å². The van der Waals surface area contributed by atoms with Gasteiger partial charge < -0.3 is 9.64 Å². The second-order valence-electron chi connectivity index (χ2n) is 7.74. The number of nitrogens with zero attached hydrogens (tertiary/aromatic N) is 2. The highest BCUT2D eigenvalue weighted by Crippen LogP contribution is 2.40. The third-order valence-corrected chi connectivity index (χ3v) is 6.75. The van der Waals surface area contributed by atoms with Crippen LogP contribution in [0.5, 0.6) is 0 Å². The van der Waals surface area contributed by atoms with Crippen molar-refractivity contribution in [1.82, 2.24) is 0 Å². The van der Waals surface area contributed by atoms with E-state index in [2.05, 4.69) is 0 Å². The standard InChI is InChI=1S/C23H28N2O5S/c1-6-17-14-24(22(26)18-10-8-9-11-21(18)31(5,28)29)19-12-15(3)16(4)13-20(19)25(17)23(27)30-7-2/h8-13,17H,6-7,14H2,1-5H3. The number of ether oxygens (including phenoxy) is 1. The molecule has 0 bridgehead atoms. The van der Waals surface area contributed by atoms with Crippen molar-refractivity contribution in [3.8, 4) is 0 Å². The van der Waals surface area contributed by atoms with Crippen molar-refractivity contribution in [2.75, 3.05) is 29.2 Å². The maximum Gasteiger partial charge on any atom is 0.414 e. The van der Waals surface area contributed by atoms with Gasteiger partial charge in [0.2, 0.25) is 0 Å². The molecular weight excluding hydrogens is 416 g/mol. The van der Waals surface area contributed by atoms with Crippen molar-refractivity contribution < 1.29 is 22.7 Å². The quantitative estimate of drug-likeness (QED) is 0.709. The summed E-state index contributed by atoms with van der Waals surface area (Å²) in [7, 11) is -3.59. The Hall–Kier alpha value is -2.87. The van der Waals surface area contributed by atoms with Crippen molar-refractivity contribution in [3.05, 3.63) is 53.1 Å². The average Bonchev–Trinajstić information content (AvgIpc) is 2.72. The van der Waals surface area contributed by atoms with E-state index in [1.165, 1.54) is 12.1 Å². The number of carbonyl (C=O) groups is 2. The van der Waals surface area contributed by atoms with Crippen LogP contribution < -0.4 is 9.80 Å². The number of anilines is 2. The first kappa shape index (κ1) is 22.8. The van der Waals surface area contributed by atoms with Crippen molar-refractivity contribution >= 4 is 33.2 Å². The van der Waals surface area contributed by atoms with E-state index in [1.807, 2.05) is 32.9 Å². The van der Waals surface area contributed by atoms with Gasteiger partial charge in [-0.25, -0.2) is 13.2 Å². The number of aryl methyl sites for hydroxylation is 2. The molecule has 0 spiro atoms. The number of amides is 2. The third-order valence-electron chi connectivity index (χ3n) is 5.60. The third kappa shape index (κ3) is 4.30. The number of sulfone groups is 1. The molecule has 2 aromatic carbocycles. The Morgan fingerprint density at radius 3 is 2.26 bits per heavy atom. The highest BCUT2D eigenvalue weighted by atomic mass is 32.2. The zero-order valence-corrected chi connectivity index (χ0v) is 19.3. The van der Waals surface area contributed by atoms with Gasteiger partial charge in [-0.1, -0.05) is 19.1 Å².